The highest BCUT2D eigenvalue weighted by Gasteiger charge is 2.70. The van der Waals surface area contributed by atoms with Crippen LogP contribution in [0.3, 0.4) is 0 Å². The summed E-state index contributed by atoms with van der Waals surface area (Å²) >= 11 is 12.6. The molecular weight excluding hydrogens is 818 g/mol. The summed E-state index contributed by atoms with van der Waals surface area (Å²) in [6, 6.07) is 28.6. The minimum absolute atomic E-state index is 0.0670. The molecule has 6 unspecified atom stereocenters. The number of aryl methyl sites for hydroxylation is 1. The average molecular weight is 853 g/mol. The molecule has 9 rings (SSSR count). The first-order valence-corrected chi connectivity index (χ1v) is 19.9. The SMILES string of the molecule is Cc1cccc(C2C3=CCC4C(=O)N(c5ccc(Nc6ccccc6)cc5)C(=O)C4C3CC3C(=O)N(Nc4ncc(C(F)(F)F)cc4Cl)C(=O)C32c2ccc(Cl)cc2)c1O. The van der Waals surface area contributed by atoms with Crippen molar-refractivity contribution in [3.05, 3.63) is 153 Å². The maximum Gasteiger partial charge on any atom is 0.417 e. The minimum Gasteiger partial charge on any atom is -0.507 e. The van der Waals surface area contributed by atoms with Gasteiger partial charge in [-0.05, 0) is 91.4 Å². The number of anilines is 4. The zero-order chi connectivity index (χ0) is 42.2. The molecule has 0 radical (unpaired) electrons. The van der Waals surface area contributed by atoms with Crippen molar-refractivity contribution < 1.29 is 37.5 Å². The van der Waals surface area contributed by atoms with E-state index < -0.39 is 75.4 Å². The van der Waals surface area contributed by atoms with Gasteiger partial charge in [0.25, 0.3) is 11.8 Å². The number of hydrogen-bond acceptors (Lipinski definition) is 8. The Labute approximate surface area is 351 Å². The number of carbonyl (C=O) groups is 4. The number of phenols is 1. The van der Waals surface area contributed by atoms with Crippen LogP contribution in [-0.2, 0) is 30.8 Å². The van der Waals surface area contributed by atoms with Crippen LogP contribution in [0, 0.1) is 30.6 Å². The molecule has 2 aliphatic heterocycles. The number of phenolic OH excluding ortho intramolecular Hbond substituents is 1. The molecule has 2 saturated heterocycles. The Balaban J connectivity index is 1.16. The number of alkyl halides is 3. The van der Waals surface area contributed by atoms with E-state index in [1.165, 1.54) is 4.90 Å². The van der Waals surface area contributed by atoms with E-state index in [1.807, 2.05) is 36.4 Å². The summed E-state index contributed by atoms with van der Waals surface area (Å²) in [6.45, 7) is 1.70. The van der Waals surface area contributed by atoms with Crippen molar-refractivity contribution in [1.82, 2.24) is 9.99 Å². The topological polar surface area (TPSA) is 132 Å². The molecule has 60 heavy (non-hydrogen) atoms. The van der Waals surface area contributed by atoms with Crippen molar-refractivity contribution in [2.24, 2.45) is 23.7 Å². The third-order valence-corrected chi connectivity index (χ3v) is 12.9. The van der Waals surface area contributed by atoms with Crippen molar-refractivity contribution in [2.45, 2.75) is 37.3 Å². The monoisotopic (exact) mass is 851 g/mol. The molecule has 6 atom stereocenters. The molecule has 3 heterocycles. The number of pyridine rings is 1. The van der Waals surface area contributed by atoms with Gasteiger partial charge in [0.15, 0.2) is 5.82 Å². The van der Waals surface area contributed by atoms with E-state index in [4.69, 9.17) is 23.2 Å². The fraction of sp³-hybridized carbons (Fsp3) is 0.222. The molecule has 4 amide bonds. The second-order valence-corrected chi connectivity index (χ2v) is 16.3. The van der Waals surface area contributed by atoms with Crippen molar-refractivity contribution in [3.63, 3.8) is 0 Å². The first kappa shape index (κ1) is 39.3. The number of carbonyl (C=O) groups excluding carboxylic acids is 4. The summed E-state index contributed by atoms with van der Waals surface area (Å²) in [6.07, 6.45) is -2.29. The van der Waals surface area contributed by atoms with Crippen LogP contribution in [-0.4, -0.2) is 38.7 Å². The molecule has 3 fully saturated rings. The zero-order valence-corrected chi connectivity index (χ0v) is 33.1. The average Bonchev–Trinajstić information content (AvgIpc) is 3.61. The number of benzene rings is 4. The number of para-hydroxylation sites is 2. The predicted molar refractivity (Wildman–Crippen MR) is 218 cm³/mol. The van der Waals surface area contributed by atoms with Crippen LogP contribution < -0.4 is 15.6 Å². The summed E-state index contributed by atoms with van der Waals surface area (Å²) in [5.41, 5.74) is 3.45. The first-order chi connectivity index (χ1) is 28.7. The largest absolute Gasteiger partial charge is 0.507 e. The van der Waals surface area contributed by atoms with E-state index in [0.29, 0.717) is 45.2 Å². The molecule has 5 aromatic rings. The number of rotatable bonds is 7. The van der Waals surface area contributed by atoms with Crippen LogP contribution in [0.1, 0.15) is 41.0 Å². The molecule has 0 bridgehead atoms. The number of imide groups is 2. The van der Waals surface area contributed by atoms with Crippen LogP contribution in [0.15, 0.2) is 121 Å². The van der Waals surface area contributed by atoms with E-state index >= 15 is 4.79 Å². The third kappa shape index (κ3) is 6.12. The molecule has 0 spiro atoms. The highest BCUT2D eigenvalue weighted by molar-refractivity contribution is 6.33. The van der Waals surface area contributed by atoms with Gasteiger partial charge < -0.3 is 10.4 Å². The lowest BCUT2D eigenvalue weighted by molar-refractivity contribution is -0.139. The van der Waals surface area contributed by atoms with Crippen LogP contribution in [0.25, 0.3) is 0 Å². The number of amides is 4. The standard InChI is InChI=1S/C45H34Cl2F3N5O5/c1-23-6-5-9-32(38(23)56)37-30-18-19-31-36(42(59)54(40(31)57)29-16-14-28(15-17-29)52-27-7-3-2-4-8-27)33(30)21-34-41(58)55(43(60)44(34,37)24-10-12-26(46)13-11-24)53-39-35(47)20-25(22-51-39)45(48,49)50/h2-18,20,22,31,33-34,36-37,52,56H,19,21H2,1H3,(H,51,53). The fourth-order valence-electron chi connectivity index (χ4n) is 9.68. The Morgan fingerprint density at radius 2 is 1.53 bits per heavy atom. The van der Waals surface area contributed by atoms with Gasteiger partial charge in [0, 0.05) is 34.1 Å². The number of allylic oxidation sites excluding steroid dienone is 2. The van der Waals surface area contributed by atoms with Crippen LogP contribution in [0.5, 0.6) is 5.75 Å². The zero-order valence-electron chi connectivity index (χ0n) is 31.6. The molecule has 304 valence electrons. The number of fused-ring (bicyclic) bond motifs is 4. The van der Waals surface area contributed by atoms with Crippen molar-refractivity contribution in [1.29, 1.82) is 0 Å². The van der Waals surface area contributed by atoms with Crippen molar-refractivity contribution in [2.75, 3.05) is 15.6 Å². The molecule has 10 nitrogen and oxygen atoms in total. The number of nitrogens with one attached hydrogen (secondary N) is 2. The fourth-order valence-corrected chi connectivity index (χ4v) is 10.0. The normalized spacial score (nSPS) is 24.8. The van der Waals surface area contributed by atoms with Gasteiger partial charge in [0.05, 0.1) is 39.4 Å². The van der Waals surface area contributed by atoms with Gasteiger partial charge in [-0.2, -0.15) is 18.2 Å². The van der Waals surface area contributed by atoms with E-state index in [9.17, 15) is 32.7 Å². The third-order valence-electron chi connectivity index (χ3n) is 12.3. The quantitative estimate of drug-likeness (QED) is 0.109. The highest BCUT2D eigenvalue weighted by Crippen LogP contribution is 2.65. The highest BCUT2D eigenvalue weighted by atomic mass is 35.5. The summed E-state index contributed by atoms with van der Waals surface area (Å²) in [4.78, 5) is 64.4. The Bertz CT molecular complexity index is 2630. The lowest BCUT2D eigenvalue weighted by Gasteiger charge is -2.50. The lowest BCUT2D eigenvalue weighted by Crippen LogP contribution is -2.53. The lowest BCUT2D eigenvalue weighted by atomic mass is 9.49. The number of halogens is 5. The van der Waals surface area contributed by atoms with E-state index in [2.05, 4.69) is 15.7 Å². The Morgan fingerprint density at radius 3 is 2.22 bits per heavy atom. The Morgan fingerprint density at radius 1 is 0.833 bits per heavy atom. The minimum atomic E-state index is -4.76. The van der Waals surface area contributed by atoms with Crippen LogP contribution in [0.2, 0.25) is 10.0 Å². The first-order valence-electron chi connectivity index (χ1n) is 19.1. The summed E-state index contributed by atoms with van der Waals surface area (Å²) in [7, 11) is 0. The van der Waals surface area contributed by atoms with Gasteiger partial charge in [-0.25, -0.2) is 4.98 Å². The molecule has 2 aliphatic carbocycles. The van der Waals surface area contributed by atoms with E-state index in [-0.39, 0.29) is 24.4 Å². The molecular formula is C45H34Cl2F3N5O5. The van der Waals surface area contributed by atoms with Gasteiger partial charge in [-0.3, -0.25) is 29.5 Å². The number of hydrazine groups is 1. The maximum absolute atomic E-state index is 15.4. The molecule has 4 aromatic carbocycles. The van der Waals surface area contributed by atoms with Crippen LogP contribution >= 0.6 is 23.2 Å². The molecule has 1 aromatic heterocycles. The second kappa shape index (κ2) is 14.5. The van der Waals surface area contributed by atoms with Crippen molar-refractivity contribution >= 4 is 69.7 Å². The summed E-state index contributed by atoms with van der Waals surface area (Å²) in [5.74, 6) is -7.64. The van der Waals surface area contributed by atoms with Crippen molar-refractivity contribution in [3.8, 4) is 5.75 Å². The maximum atomic E-state index is 15.4. The Hall–Kier alpha value is -6.18. The molecule has 4 aliphatic rings. The van der Waals surface area contributed by atoms with E-state index in [1.54, 1.807) is 73.7 Å². The number of aromatic nitrogens is 1. The molecule has 3 N–H and O–H groups in total. The molecule has 1 saturated carbocycles. The molecule has 15 heteroatoms. The number of nitrogens with zero attached hydrogens (tertiary/aromatic N) is 3. The number of aromatic hydroxyl groups is 1. The summed E-state index contributed by atoms with van der Waals surface area (Å²) < 4.78 is 40.6. The van der Waals surface area contributed by atoms with Gasteiger partial charge in [0.2, 0.25) is 11.8 Å². The van der Waals surface area contributed by atoms with Gasteiger partial charge in [0.1, 0.15) is 5.75 Å². The smallest absolute Gasteiger partial charge is 0.417 e. The number of hydrogen-bond donors (Lipinski definition) is 3. The predicted octanol–water partition coefficient (Wildman–Crippen LogP) is 9.35. The second-order valence-electron chi connectivity index (χ2n) is 15.5. The summed E-state index contributed by atoms with van der Waals surface area (Å²) in [5, 5.41) is 15.7. The van der Waals surface area contributed by atoms with E-state index in [0.717, 1.165) is 16.4 Å². The van der Waals surface area contributed by atoms with Gasteiger partial charge >= 0.3 is 6.18 Å². The van der Waals surface area contributed by atoms with Gasteiger partial charge in [-0.1, -0.05) is 83.4 Å². The van der Waals surface area contributed by atoms with Crippen LogP contribution in [0.4, 0.5) is 36.1 Å². The van der Waals surface area contributed by atoms with Gasteiger partial charge in [-0.15, -0.1) is 0 Å². The Kier molecular flexibility index (Phi) is 9.51.